The van der Waals surface area contributed by atoms with Crippen LogP contribution in [0.5, 0.6) is 11.5 Å². The van der Waals surface area contributed by atoms with Gasteiger partial charge in [-0.05, 0) is 42.9 Å². The van der Waals surface area contributed by atoms with Crippen LogP contribution in [0, 0.1) is 5.92 Å². The third-order valence-corrected chi connectivity index (χ3v) is 7.13. The number of aliphatic hydroxyl groups excluding tert-OH is 1. The molecule has 1 N–H and O–H groups in total. The van der Waals surface area contributed by atoms with E-state index in [0.29, 0.717) is 19.1 Å². The molecule has 1 aromatic carbocycles. The van der Waals surface area contributed by atoms with Gasteiger partial charge in [0.2, 0.25) is 0 Å². The molecule has 0 fully saturated rings. The van der Waals surface area contributed by atoms with Crippen LogP contribution in [0.1, 0.15) is 135 Å². The van der Waals surface area contributed by atoms with E-state index in [9.17, 15) is 0 Å². The van der Waals surface area contributed by atoms with Crippen LogP contribution in [0.25, 0.3) is 0 Å². The molecule has 4 nitrogen and oxygen atoms in total. The molecular formula is C32H58O4. The second-order valence-electron chi connectivity index (χ2n) is 10.4. The lowest BCUT2D eigenvalue weighted by molar-refractivity contribution is -0.0126. The Hall–Kier alpha value is -1.26. The van der Waals surface area contributed by atoms with Crippen LogP contribution in [-0.2, 0) is 11.2 Å². The van der Waals surface area contributed by atoms with E-state index >= 15 is 0 Å². The van der Waals surface area contributed by atoms with Crippen LogP contribution in [0.2, 0.25) is 0 Å². The maximum absolute atomic E-state index is 8.81. The van der Waals surface area contributed by atoms with Crippen LogP contribution >= 0.6 is 0 Å². The van der Waals surface area contributed by atoms with Crippen molar-refractivity contribution in [2.45, 2.75) is 136 Å². The topological polar surface area (TPSA) is 47.9 Å². The Kier molecular flexibility index (Phi) is 21.9. The summed E-state index contributed by atoms with van der Waals surface area (Å²) in [5.41, 5.74) is 1.29. The molecule has 1 rings (SSSR count). The average molecular weight is 507 g/mol. The summed E-state index contributed by atoms with van der Waals surface area (Å²) in [6.07, 6.45) is 23.8. The third kappa shape index (κ3) is 18.1. The summed E-state index contributed by atoms with van der Waals surface area (Å²) in [4.78, 5) is 0. The summed E-state index contributed by atoms with van der Waals surface area (Å²) in [6, 6.07) is 6.34. The Balaban J connectivity index is 2.36. The van der Waals surface area contributed by atoms with Crippen molar-refractivity contribution in [1.82, 2.24) is 0 Å². The summed E-state index contributed by atoms with van der Waals surface area (Å²) < 4.78 is 17.1. The molecule has 0 saturated carbocycles. The molecule has 0 heterocycles. The number of unbranched alkanes of at least 4 members (excludes halogenated alkanes) is 13. The molecule has 0 amide bonds. The molecule has 0 aliphatic rings. The highest BCUT2D eigenvalue weighted by Crippen LogP contribution is 2.26. The Morgan fingerprint density at radius 2 is 1.19 bits per heavy atom. The highest BCUT2D eigenvalue weighted by molar-refractivity contribution is 5.38. The third-order valence-electron chi connectivity index (χ3n) is 7.13. The van der Waals surface area contributed by atoms with Gasteiger partial charge in [-0.3, -0.25) is 0 Å². The molecule has 1 unspecified atom stereocenters. The Bertz CT molecular complexity index is 604. The van der Waals surface area contributed by atoms with E-state index in [4.69, 9.17) is 19.3 Å². The zero-order valence-corrected chi connectivity index (χ0v) is 24.0. The summed E-state index contributed by atoms with van der Waals surface area (Å²) in [5, 5.41) is 8.81. The first-order valence-corrected chi connectivity index (χ1v) is 15.3. The van der Waals surface area contributed by atoms with Gasteiger partial charge in [0.15, 0.2) is 0 Å². The predicted molar refractivity (Wildman–Crippen MR) is 153 cm³/mol. The number of ether oxygens (including phenoxy) is 3. The molecular weight excluding hydrogens is 448 g/mol. The zero-order chi connectivity index (χ0) is 26.1. The van der Waals surface area contributed by atoms with Gasteiger partial charge in [0.05, 0.1) is 13.2 Å². The second-order valence-corrected chi connectivity index (χ2v) is 10.4. The average Bonchev–Trinajstić information content (AvgIpc) is 2.89. The summed E-state index contributed by atoms with van der Waals surface area (Å²) in [5.74, 6) is 2.35. The van der Waals surface area contributed by atoms with Gasteiger partial charge in [0.25, 0.3) is 0 Å². The van der Waals surface area contributed by atoms with Crippen molar-refractivity contribution in [3.05, 3.63) is 23.8 Å². The van der Waals surface area contributed by atoms with Crippen molar-refractivity contribution in [1.29, 1.82) is 0 Å². The van der Waals surface area contributed by atoms with Crippen molar-refractivity contribution in [3.63, 3.8) is 0 Å². The Morgan fingerprint density at radius 3 is 1.75 bits per heavy atom. The van der Waals surface area contributed by atoms with Gasteiger partial charge in [0.1, 0.15) is 24.9 Å². The maximum Gasteiger partial charge on any atom is 0.143 e. The van der Waals surface area contributed by atoms with Gasteiger partial charge >= 0.3 is 0 Å². The molecule has 0 bridgehead atoms. The molecule has 1 aromatic rings. The van der Waals surface area contributed by atoms with Crippen LogP contribution < -0.4 is 9.47 Å². The predicted octanol–water partition coefficient (Wildman–Crippen LogP) is 9.26. The lowest BCUT2D eigenvalue weighted by Gasteiger charge is -2.17. The first kappa shape index (κ1) is 32.8. The minimum atomic E-state index is -0.271. The van der Waals surface area contributed by atoms with Crippen molar-refractivity contribution >= 4 is 0 Å². The molecule has 210 valence electrons. The largest absolute Gasteiger partial charge is 0.493 e. The quantitative estimate of drug-likeness (QED) is 0.100. The fourth-order valence-corrected chi connectivity index (χ4v) is 4.68. The van der Waals surface area contributed by atoms with Crippen molar-refractivity contribution < 1.29 is 19.3 Å². The molecule has 0 aliphatic heterocycles. The molecule has 0 spiro atoms. The van der Waals surface area contributed by atoms with Gasteiger partial charge in [-0.2, -0.15) is 0 Å². The van der Waals surface area contributed by atoms with E-state index in [1.165, 1.54) is 108 Å². The van der Waals surface area contributed by atoms with E-state index in [1.54, 1.807) is 0 Å². The Morgan fingerprint density at radius 1 is 0.639 bits per heavy atom. The smallest absolute Gasteiger partial charge is 0.143 e. The molecule has 0 aliphatic carbocycles. The minimum absolute atomic E-state index is 0.271. The van der Waals surface area contributed by atoms with Gasteiger partial charge in [0, 0.05) is 6.07 Å². The minimum Gasteiger partial charge on any atom is -0.493 e. The van der Waals surface area contributed by atoms with Gasteiger partial charge in [-0.1, -0.05) is 117 Å². The van der Waals surface area contributed by atoms with E-state index in [0.717, 1.165) is 30.9 Å². The van der Waals surface area contributed by atoms with E-state index in [-0.39, 0.29) is 6.79 Å². The van der Waals surface area contributed by atoms with Gasteiger partial charge in [-0.25, -0.2) is 0 Å². The van der Waals surface area contributed by atoms with E-state index in [1.807, 2.05) is 6.07 Å². The highest BCUT2D eigenvalue weighted by atomic mass is 16.6. The normalized spacial score (nSPS) is 12.1. The van der Waals surface area contributed by atoms with Crippen LogP contribution in [0.4, 0.5) is 0 Å². The number of aryl methyl sites for hydroxylation is 1. The standard InChI is InChI=1S/C32H58O4/c1-4-7-9-10-11-12-13-14-15-16-17-18-19-21-30-24-31(35-23-22-34-28-33)26-32(25-30)36-27-29(6-3)20-8-5-2/h24-26,29,33H,4-23,27-28H2,1-3H3. The lowest BCUT2D eigenvalue weighted by Crippen LogP contribution is -2.12. The van der Waals surface area contributed by atoms with E-state index < -0.39 is 0 Å². The highest BCUT2D eigenvalue weighted by Gasteiger charge is 2.09. The monoisotopic (exact) mass is 506 g/mol. The number of hydrogen-bond acceptors (Lipinski definition) is 4. The van der Waals surface area contributed by atoms with Crippen LogP contribution in [0.15, 0.2) is 18.2 Å². The number of rotatable bonds is 26. The summed E-state index contributed by atoms with van der Waals surface area (Å²) in [6.45, 7) is 8.09. The summed E-state index contributed by atoms with van der Waals surface area (Å²) >= 11 is 0. The first-order chi connectivity index (χ1) is 17.7. The number of benzene rings is 1. The molecule has 0 radical (unpaired) electrons. The van der Waals surface area contributed by atoms with Crippen molar-refractivity contribution in [2.24, 2.45) is 5.92 Å². The lowest BCUT2D eigenvalue weighted by atomic mass is 10.0. The van der Waals surface area contributed by atoms with Crippen LogP contribution in [0.3, 0.4) is 0 Å². The molecule has 1 atom stereocenters. The van der Waals surface area contributed by atoms with Crippen molar-refractivity contribution in [3.8, 4) is 11.5 Å². The molecule has 4 heteroatoms. The summed E-state index contributed by atoms with van der Waals surface area (Å²) in [7, 11) is 0. The fraction of sp³-hybridized carbons (Fsp3) is 0.812. The Labute approximate surface area is 223 Å². The van der Waals surface area contributed by atoms with Gasteiger partial charge in [-0.15, -0.1) is 0 Å². The maximum atomic E-state index is 8.81. The van der Waals surface area contributed by atoms with Crippen LogP contribution in [-0.4, -0.2) is 31.7 Å². The second kappa shape index (κ2) is 24.1. The number of hydrogen-bond donors (Lipinski definition) is 1. The van der Waals surface area contributed by atoms with E-state index in [2.05, 4.69) is 32.9 Å². The molecule has 36 heavy (non-hydrogen) atoms. The first-order valence-electron chi connectivity index (χ1n) is 15.3. The zero-order valence-electron chi connectivity index (χ0n) is 24.0. The van der Waals surface area contributed by atoms with Gasteiger partial charge < -0.3 is 19.3 Å². The van der Waals surface area contributed by atoms with Crippen molar-refractivity contribution in [2.75, 3.05) is 26.6 Å². The number of aliphatic hydroxyl groups is 1. The SMILES string of the molecule is CCCCCCCCCCCCCCCc1cc(OCCOCO)cc(OCC(CC)CCCC)c1. The molecule has 0 aromatic heterocycles. The fourth-order valence-electron chi connectivity index (χ4n) is 4.68. The molecule has 0 saturated heterocycles.